The predicted molar refractivity (Wildman–Crippen MR) is 96.3 cm³/mol. The van der Waals surface area contributed by atoms with Crippen LogP contribution in [-0.2, 0) is 9.53 Å². The molecule has 1 unspecified atom stereocenters. The number of benzene rings is 1. The van der Waals surface area contributed by atoms with Crippen molar-refractivity contribution < 1.29 is 9.53 Å². The van der Waals surface area contributed by atoms with Crippen LogP contribution in [0.4, 0.5) is 0 Å². The minimum absolute atomic E-state index is 0. The molecule has 3 rings (SSSR count). The van der Waals surface area contributed by atoms with Gasteiger partial charge in [0, 0.05) is 30.3 Å². The lowest BCUT2D eigenvalue weighted by Crippen LogP contribution is -2.56. The molecule has 0 aliphatic carbocycles. The Morgan fingerprint density at radius 3 is 2.91 bits per heavy atom. The van der Waals surface area contributed by atoms with E-state index in [1.54, 1.807) is 0 Å². The first-order valence-corrected chi connectivity index (χ1v) is 9.04. The molecule has 0 bridgehead atoms. The van der Waals surface area contributed by atoms with E-state index < -0.39 is 0 Å². The number of carbonyl (C=O) groups is 1. The minimum Gasteiger partial charge on any atom is -0.375 e. The number of carbonyl (C=O) groups excluding carboxylic acids is 1. The molecule has 23 heavy (non-hydrogen) atoms. The number of hydrogen-bond acceptors (Lipinski definition) is 4. The van der Waals surface area contributed by atoms with Gasteiger partial charge in [-0.15, -0.1) is 24.2 Å². The lowest BCUT2D eigenvalue weighted by Gasteiger charge is -2.32. The van der Waals surface area contributed by atoms with Crippen LogP contribution in [0.5, 0.6) is 0 Å². The Hall–Kier alpha value is -0.750. The third-order valence-electron chi connectivity index (χ3n) is 4.41. The molecule has 1 aromatic rings. The molecule has 4 nitrogen and oxygen atoms in total. The summed E-state index contributed by atoms with van der Waals surface area (Å²) in [5.41, 5.74) is 0. The SMILES string of the molecule is C[C@H]1OCCN[C@@H]1C(=O)N1CCC(CSc2ccccc2)C1.Cl. The van der Waals surface area contributed by atoms with Crippen LogP contribution in [0.25, 0.3) is 0 Å². The number of likely N-dealkylation sites (tertiary alicyclic amines) is 1. The second-order valence-electron chi connectivity index (χ2n) is 6.07. The number of halogens is 1. The summed E-state index contributed by atoms with van der Waals surface area (Å²) in [6.07, 6.45) is 1.08. The summed E-state index contributed by atoms with van der Waals surface area (Å²) in [6, 6.07) is 10.3. The van der Waals surface area contributed by atoms with Gasteiger partial charge in [0.05, 0.1) is 12.7 Å². The van der Waals surface area contributed by atoms with E-state index in [4.69, 9.17) is 4.74 Å². The summed E-state index contributed by atoms with van der Waals surface area (Å²) in [4.78, 5) is 15.9. The zero-order valence-electron chi connectivity index (χ0n) is 13.4. The molecule has 128 valence electrons. The van der Waals surface area contributed by atoms with Gasteiger partial charge in [0.25, 0.3) is 0 Å². The van der Waals surface area contributed by atoms with Crippen molar-refractivity contribution in [3.63, 3.8) is 0 Å². The number of morpholine rings is 1. The molecule has 2 aliphatic rings. The van der Waals surface area contributed by atoms with Crippen LogP contribution in [0.2, 0.25) is 0 Å². The van der Waals surface area contributed by atoms with Crippen molar-refractivity contribution in [1.29, 1.82) is 0 Å². The van der Waals surface area contributed by atoms with Crippen LogP contribution in [0.15, 0.2) is 35.2 Å². The standard InChI is InChI=1S/C17H24N2O2S.ClH/c1-13-16(18-8-10-21-13)17(20)19-9-7-14(11-19)12-22-15-5-3-2-4-6-15;/h2-6,13-14,16,18H,7-12H2,1H3;1H/t13-,14?,16+;/m1./s1. The first-order chi connectivity index (χ1) is 10.7. The van der Waals surface area contributed by atoms with Crippen molar-refractivity contribution >= 4 is 30.1 Å². The molecule has 0 spiro atoms. The Morgan fingerprint density at radius 2 is 2.17 bits per heavy atom. The Bertz CT molecular complexity index is 503. The molecule has 1 N–H and O–H groups in total. The lowest BCUT2D eigenvalue weighted by molar-refractivity contribution is -0.138. The van der Waals surface area contributed by atoms with Crippen molar-refractivity contribution in [2.75, 3.05) is 32.0 Å². The molecule has 0 radical (unpaired) electrons. The van der Waals surface area contributed by atoms with Gasteiger partial charge in [0.2, 0.25) is 5.91 Å². The third kappa shape index (κ3) is 4.86. The van der Waals surface area contributed by atoms with E-state index in [0.29, 0.717) is 12.5 Å². The van der Waals surface area contributed by atoms with Gasteiger partial charge in [0.1, 0.15) is 6.04 Å². The summed E-state index contributed by atoms with van der Waals surface area (Å²) >= 11 is 1.89. The summed E-state index contributed by atoms with van der Waals surface area (Å²) in [7, 11) is 0. The molecule has 2 fully saturated rings. The van der Waals surface area contributed by atoms with E-state index >= 15 is 0 Å². The van der Waals surface area contributed by atoms with Gasteiger partial charge >= 0.3 is 0 Å². The fourth-order valence-corrected chi connectivity index (χ4v) is 4.16. The van der Waals surface area contributed by atoms with Gasteiger partial charge in [-0.1, -0.05) is 18.2 Å². The Morgan fingerprint density at radius 1 is 1.39 bits per heavy atom. The van der Waals surface area contributed by atoms with E-state index in [9.17, 15) is 4.79 Å². The maximum Gasteiger partial charge on any atom is 0.242 e. The topological polar surface area (TPSA) is 41.6 Å². The van der Waals surface area contributed by atoms with Crippen molar-refractivity contribution in [1.82, 2.24) is 10.2 Å². The number of nitrogens with zero attached hydrogens (tertiary/aromatic N) is 1. The molecule has 3 atom stereocenters. The minimum atomic E-state index is -0.172. The predicted octanol–water partition coefficient (Wildman–Crippen LogP) is 2.43. The summed E-state index contributed by atoms with van der Waals surface area (Å²) in [5, 5.41) is 3.30. The normalized spacial score (nSPS) is 27.5. The Labute approximate surface area is 148 Å². The third-order valence-corrected chi connectivity index (χ3v) is 5.65. The molecule has 6 heteroatoms. The molecule has 0 aromatic heterocycles. The van der Waals surface area contributed by atoms with Gasteiger partial charge in [-0.05, 0) is 31.4 Å². The largest absolute Gasteiger partial charge is 0.375 e. The number of rotatable bonds is 4. The van der Waals surface area contributed by atoms with Gasteiger partial charge in [-0.3, -0.25) is 4.79 Å². The average molecular weight is 357 g/mol. The summed E-state index contributed by atoms with van der Waals surface area (Å²) in [6.45, 7) is 5.20. The van der Waals surface area contributed by atoms with Crippen LogP contribution < -0.4 is 5.32 Å². The second kappa shape index (κ2) is 8.92. The van der Waals surface area contributed by atoms with Crippen LogP contribution in [0.3, 0.4) is 0 Å². The first kappa shape index (κ1) is 18.6. The van der Waals surface area contributed by atoms with Crippen molar-refractivity contribution in [2.24, 2.45) is 5.92 Å². The van der Waals surface area contributed by atoms with Crippen LogP contribution in [0.1, 0.15) is 13.3 Å². The Balaban J connectivity index is 0.00000192. The lowest BCUT2D eigenvalue weighted by atomic mass is 10.1. The first-order valence-electron chi connectivity index (χ1n) is 8.05. The highest BCUT2D eigenvalue weighted by Gasteiger charge is 2.35. The maximum atomic E-state index is 12.6. The van der Waals surface area contributed by atoms with E-state index in [1.807, 2.05) is 29.7 Å². The highest BCUT2D eigenvalue weighted by atomic mass is 35.5. The van der Waals surface area contributed by atoms with Gasteiger partial charge in [0.15, 0.2) is 0 Å². The maximum absolute atomic E-state index is 12.6. The van der Waals surface area contributed by atoms with Crippen molar-refractivity contribution in [3.05, 3.63) is 30.3 Å². The fraction of sp³-hybridized carbons (Fsp3) is 0.588. The molecule has 1 amide bonds. The van der Waals surface area contributed by atoms with Crippen LogP contribution in [-0.4, -0.2) is 54.9 Å². The van der Waals surface area contributed by atoms with E-state index in [1.165, 1.54) is 4.90 Å². The zero-order chi connectivity index (χ0) is 15.4. The number of thioether (sulfide) groups is 1. The fourth-order valence-electron chi connectivity index (χ4n) is 3.11. The van der Waals surface area contributed by atoms with Gasteiger partial charge < -0.3 is 15.0 Å². The molecular formula is C17H25ClN2O2S. The number of ether oxygens (including phenoxy) is 1. The molecule has 2 aliphatic heterocycles. The Kier molecular flexibility index (Phi) is 7.21. The summed E-state index contributed by atoms with van der Waals surface area (Å²) in [5.74, 6) is 1.88. The summed E-state index contributed by atoms with van der Waals surface area (Å²) < 4.78 is 5.59. The van der Waals surface area contributed by atoms with Crippen molar-refractivity contribution in [2.45, 2.75) is 30.4 Å². The van der Waals surface area contributed by atoms with Crippen LogP contribution >= 0.6 is 24.2 Å². The number of nitrogens with one attached hydrogen (secondary N) is 1. The molecule has 0 saturated carbocycles. The average Bonchev–Trinajstić information content (AvgIpc) is 3.03. The monoisotopic (exact) mass is 356 g/mol. The van der Waals surface area contributed by atoms with E-state index in [0.717, 1.165) is 31.8 Å². The zero-order valence-corrected chi connectivity index (χ0v) is 15.1. The number of hydrogen-bond donors (Lipinski definition) is 1. The quantitative estimate of drug-likeness (QED) is 0.841. The molecule has 2 heterocycles. The molecule has 2 saturated heterocycles. The van der Waals surface area contributed by atoms with Gasteiger partial charge in [-0.2, -0.15) is 0 Å². The second-order valence-corrected chi connectivity index (χ2v) is 7.16. The molecular weight excluding hydrogens is 332 g/mol. The van der Waals surface area contributed by atoms with E-state index in [-0.39, 0.29) is 30.5 Å². The van der Waals surface area contributed by atoms with Gasteiger partial charge in [-0.25, -0.2) is 0 Å². The smallest absolute Gasteiger partial charge is 0.242 e. The van der Waals surface area contributed by atoms with Crippen molar-refractivity contribution in [3.8, 4) is 0 Å². The van der Waals surface area contributed by atoms with Crippen LogP contribution in [0, 0.1) is 5.92 Å². The van der Waals surface area contributed by atoms with E-state index in [2.05, 4.69) is 29.6 Å². The highest BCUT2D eigenvalue weighted by molar-refractivity contribution is 7.99. The highest BCUT2D eigenvalue weighted by Crippen LogP contribution is 2.26. The molecule has 1 aromatic carbocycles. The number of amides is 1.